The fourth-order valence-electron chi connectivity index (χ4n) is 4.12. The molecule has 1 aliphatic rings. The molecule has 4 aromatic carbocycles. The number of rotatable bonds is 6. The van der Waals surface area contributed by atoms with Crippen LogP contribution in [0, 0.1) is 0 Å². The molecule has 10 heteroatoms. The van der Waals surface area contributed by atoms with Gasteiger partial charge in [0, 0.05) is 25.6 Å². The van der Waals surface area contributed by atoms with Crippen molar-refractivity contribution >= 4 is 90.4 Å². The summed E-state index contributed by atoms with van der Waals surface area (Å²) in [5, 5.41) is 0.938. The lowest BCUT2D eigenvalue weighted by Gasteiger charge is -2.34. The van der Waals surface area contributed by atoms with Gasteiger partial charge in [-0.25, -0.2) is 14.6 Å². The first-order chi connectivity index (χ1) is 19.2. The number of benzene rings is 4. The van der Waals surface area contributed by atoms with Crippen molar-refractivity contribution in [3.63, 3.8) is 0 Å². The molecule has 40 heavy (non-hydrogen) atoms. The summed E-state index contributed by atoms with van der Waals surface area (Å²) in [6.45, 7) is 0.0963. The lowest BCUT2D eigenvalue weighted by atomic mass is 10.0. The fraction of sp³-hybridized carbons (Fsp3) is 0.0333. The van der Waals surface area contributed by atoms with Gasteiger partial charge in [0.15, 0.2) is 0 Å². The van der Waals surface area contributed by atoms with Gasteiger partial charge in [-0.15, -0.1) is 0 Å². The van der Waals surface area contributed by atoms with E-state index in [0.717, 1.165) is 9.80 Å². The van der Waals surface area contributed by atoms with Gasteiger partial charge >= 0.3 is 6.03 Å². The summed E-state index contributed by atoms with van der Waals surface area (Å²) in [6, 6.07) is 24.7. The molecule has 6 nitrogen and oxygen atoms in total. The third-order valence-corrected chi connectivity index (χ3v) is 7.64. The smallest absolute Gasteiger partial charge is 0.343 e. The van der Waals surface area contributed by atoms with E-state index in [-0.39, 0.29) is 12.2 Å². The second-order valence-electron chi connectivity index (χ2n) is 8.62. The molecule has 0 spiro atoms. The summed E-state index contributed by atoms with van der Waals surface area (Å²) in [4.78, 5) is 43.1. The predicted molar refractivity (Wildman–Crippen MR) is 164 cm³/mol. The van der Waals surface area contributed by atoms with Crippen molar-refractivity contribution in [1.82, 2.24) is 0 Å². The number of urea groups is 1. The van der Waals surface area contributed by atoms with E-state index in [0.29, 0.717) is 47.2 Å². The molecule has 0 aromatic heterocycles. The molecule has 1 aliphatic heterocycles. The van der Waals surface area contributed by atoms with Crippen LogP contribution in [0.5, 0.6) is 5.75 Å². The highest BCUT2D eigenvalue weighted by molar-refractivity contribution is 9.11. The number of carbonyl (C=O) groups is 3. The predicted octanol–water partition coefficient (Wildman–Crippen LogP) is 8.68. The van der Waals surface area contributed by atoms with Gasteiger partial charge in [-0.2, -0.15) is 0 Å². The third-order valence-electron chi connectivity index (χ3n) is 6.00. The number of amides is 4. The Hall–Kier alpha value is -3.43. The number of barbiturate groups is 1. The summed E-state index contributed by atoms with van der Waals surface area (Å²) in [6.07, 6.45) is 1.43. The van der Waals surface area contributed by atoms with Crippen LogP contribution in [0.3, 0.4) is 0 Å². The van der Waals surface area contributed by atoms with E-state index in [1.165, 1.54) is 6.08 Å². The average molecular weight is 701 g/mol. The van der Waals surface area contributed by atoms with E-state index in [1.807, 2.05) is 0 Å². The van der Waals surface area contributed by atoms with Crippen molar-refractivity contribution in [3.8, 4) is 5.75 Å². The minimum Gasteiger partial charge on any atom is -0.487 e. The zero-order valence-electron chi connectivity index (χ0n) is 20.5. The van der Waals surface area contributed by atoms with E-state index < -0.39 is 17.8 Å². The molecule has 5 rings (SSSR count). The summed E-state index contributed by atoms with van der Waals surface area (Å²) in [7, 11) is 0. The van der Waals surface area contributed by atoms with Crippen LogP contribution < -0.4 is 14.5 Å². The highest BCUT2D eigenvalue weighted by Crippen LogP contribution is 2.37. The fourth-order valence-corrected chi connectivity index (χ4v) is 5.96. The molecule has 1 heterocycles. The number of hydrogen-bond donors (Lipinski definition) is 0. The molecule has 0 saturated carbocycles. The van der Waals surface area contributed by atoms with Crippen molar-refractivity contribution in [1.29, 1.82) is 0 Å². The minimum absolute atomic E-state index is 0.0963. The van der Waals surface area contributed by atoms with Crippen LogP contribution in [-0.4, -0.2) is 17.8 Å². The van der Waals surface area contributed by atoms with Gasteiger partial charge in [0.05, 0.1) is 15.8 Å². The van der Waals surface area contributed by atoms with Crippen molar-refractivity contribution in [3.05, 3.63) is 127 Å². The monoisotopic (exact) mass is 698 g/mol. The zero-order valence-corrected chi connectivity index (χ0v) is 25.2. The van der Waals surface area contributed by atoms with Crippen molar-refractivity contribution in [2.24, 2.45) is 0 Å². The maximum Gasteiger partial charge on any atom is 0.343 e. The van der Waals surface area contributed by atoms with Crippen LogP contribution in [0.15, 0.2) is 106 Å². The summed E-state index contributed by atoms with van der Waals surface area (Å²) in [5.41, 5.74) is 1.58. The Morgan fingerprint density at radius 2 is 1.32 bits per heavy atom. The zero-order chi connectivity index (χ0) is 28.4. The number of ether oxygens (including phenoxy) is 1. The largest absolute Gasteiger partial charge is 0.487 e. The van der Waals surface area contributed by atoms with E-state index in [2.05, 4.69) is 31.9 Å². The Bertz CT molecular complexity index is 1600. The maximum absolute atomic E-state index is 13.8. The van der Waals surface area contributed by atoms with E-state index >= 15 is 0 Å². The molecule has 0 aliphatic carbocycles. The van der Waals surface area contributed by atoms with Gasteiger partial charge < -0.3 is 4.74 Å². The van der Waals surface area contributed by atoms with Crippen LogP contribution in [0.1, 0.15) is 11.1 Å². The minimum atomic E-state index is -0.770. The molecular formula is C30H18Br2Cl2N2O4. The molecule has 4 aromatic rings. The molecule has 0 atom stereocenters. The first kappa shape index (κ1) is 28.1. The highest BCUT2D eigenvalue weighted by Gasteiger charge is 2.43. The number of halogens is 4. The highest BCUT2D eigenvalue weighted by atomic mass is 79.9. The Morgan fingerprint density at radius 3 is 1.88 bits per heavy atom. The van der Waals surface area contributed by atoms with Crippen LogP contribution in [-0.2, 0) is 16.2 Å². The molecule has 1 saturated heterocycles. The summed E-state index contributed by atoms with van der Waals surface area (Å²) < 4.78 is 7.38. The molecule has 200 valence electrons. The Morgan fingerprint density at radius 1 is 0.750 bits per heavy atom. The molecule has 1 fully saturated rings. The van der Waals surface area contributed by atoms with Crippen LogP contribution in [0.2, 0.25) is 10.0 Å². The normalized spacial score (nSPS) is 13.6. The Labute approximate surface area is 257 Å². The average Bonchev–Trinajstić information content (AvgIpc) is 2.93. The second kappa shape index (κ2) is 12.0. The van der Waals surface area contributed by atoms with E-state index in [4.69, 9.17) is 27.9 Å². The van der Waals surface area contributed by atoms with Crippen molar-refractivity contribution in [2.75, 3.05) is 9.80 Å². The quantitative estimate of drug-likeness (QED) is 0.149. The van der Waals surface area contributed by atoms with Crippen molar-refractivity contribution < 1.29 is 19.1 Å². The van der Waals surface area contributed by atoms with Gasteiger partial charge in [-0.3, -0.25) is 9.59 Å². The SMILES string of the molecule is O=C1C(=Cc2cc(Br)cc(Br)c2OCc2ccc(Cl)cc2Cl)C(=O)N(c2ccccc2)C(=O)N1c1ccccc1. The summed E-state index contributed by atoms with van der Waals surface area (Å²) in [5.74, 6) is -1.14. The number of nitrogens with zero attached hydrogens (tertiary/aromatic N) is 2. The van der Waals surface area contributed by atoms with Crippen molar-refractivity contribution in [2.45, 2.75) is 6.61 Å². The lowest BCUT2D eigenvalue weighted by Crippen LogP contribution is -2.57. The topological polar surface area (TPSA) is 66.9 Å². The molecule has 0 bridgehead atoms. The molecule has 0 unspecified atom stereocenters. The Balaban J connectivity index is 1.61. The first-order valence-corrected chi connectivity index (χ1v) is 14.2. The number of imide groups is 2. The van der Waals surface area contributed by atoms with Gasteiger partial charge in [0.25, 0.3) is 11.8 Å². The number of para-hydroxylation sites is 2. The summed E-state index contributed by atoms with van der Waals surface area (Å²) >= 11 is 19.3. The standard InChI is InChI=1S/C30H18Br2Cl2N2O4/c31-20-13-19(27(25(32)15-20)40-17-18-11-12-21(33)16-26(18)34)14-24-28(37)35(22-7-3-1-4-8-22)30(39)36(29(24)38)23-9-5-2-6-10-23/h1-16H,17H2. The third kappa shape index (κ3) is 5.71. The van der Waals surface area contributed by atoms with Crippen LogP contribution in [0.25, 0.3) is 6.08 Å². The lowest BCUT2D eigenvalue weighted by molar-refractivity contribution is -0.121. The molecule has 0 N–H and O–H groups in total. The molecular weight excluding hydrogens is 683 g/mol. The second-order valence-corrected chi connectivity index (χ2v) is 11.2. The Kier molecular flexibility index (Phi) is 8.42. The van der Waals surface area contributed by atoms with Gasteiger partial charge in [-0.05, 0) is 70.5 Å². The van der Waals surface area contributed by atoms with Gasteiger partial charge in [0.2, 0.25) is 0 Å². The number of carbonyl (C=O) groups excluding carboxylic acids is 3. The molecule has 0 radical (unpaired) electrons. The van der Waals surface area contributed by atoms with Gasteiger partial charge in [0.1, 0.15) is 17.9 Å². The van der Waals surface area contributed by atoms with E-state index in [1.54, 1.807) is 91.0 Å². The first-order valence-electron chi connectivity index (χ1n) is 11.8. The van der Waals surface area contributed by atoms with Gasteiger partial charge in [-0.1, -0.05) is 81.6 Å². The maximum atomic E-state index is 13.8. The number of hydrogen-bond acceptors (Lipinski definition) is 4. The number of anilines is 2. The molecule has 4 amide bonds. The van der Waals surface area contributed by atoms with E-state index in [9.17, 15) is 14.4 Å². The van der Waals surface area contributed by atoms with Crippen LogP contribution in [0.4, 0.5) is 16.2 Å². The van der Waals surface area contributed by atoms with Crippen LogP contribution >= 0.6 is 55.1 Å².